The van der Waals surface area contributed by atoms with Gasteiger partial charge in [0.05, 0.1) is 11.1 Å². The Labute approximate surface area is 105 Å². The summed E-state index contributed by atoms with van der Waals surface area (Å²) in [6.07, 6.45) is 2.87. The highest BCUT2D eigenvalue weighted by molar-refractivity contribution is 7.90. The van der Waals surface area contributed by atoms with Gasteiger partial charge < -0.3 is 0 Å². The van der Waals surface area contributed by atoms with Crippen LogP contribution in [0.4, 0.5) is 0 Å². The van der Waals surface area contributed by atoms with Gasteiger partial charge in [0.25, 0.3) is 10.0 Å². The van der Waals surface area contributed by atoms with E-state index in [9.17, 15) is 8.42 Å². The maximum atomic E-state index is 12.4. The van der Waals surface area contributed by atoms with Crippen LogP contribution in [0, 0.1) is 0 Å². The minimum absolute atomic E-state index is 0.268. The van der Waals surface area contributed by atoms with Gasteiger partial charge >= 0.3 is 0 Å². The fraction of sp³-hybridized carbons (Fsp3) is 0. The standard InChI is InChI=1S/C13H10N2O2S/c16-18(17,15-10-4-9-14-15)13-8-3-6-11-5-1-2-7-12(11)13/h1-10H. The van der Waals surface area contributed by atoms with Crippen molar-refractivity contribution >= 4 is 20.8 Å². The molecular weight excluding hydrogens is 248 g/mol. The van der Waals surface area contributed by atoms with Gasteiger partial charge in [-0.2, -0.15) is 17.6 Å². The van der Waals surface area contributed by atoms with Crippen molar-refractivity contribution in [2.24, 2.45) is 0 Å². The summed E-state index contributed by atoms with van der Waals surface area (Å²) in [6, 6.07) is 14.2. The van der Waals surface area contributed by atoms with Crippen molar-refractivity contribution in [2.75, 3.05) is 0 Å². The molecule has 0 N–H and O–H groups in total. The van der Waals surface area contributed by atoms with Crippen molar-refractivity contribution in [1.29, 1.82) is 0 Å². The van der Waals surface area contributed by atoms with E-state index in [0.717, 1.165) is 9.47 Å². The summed E-state index contributed by atoms with van der Waals surface area (Å²) in [6.45, 7) is 0. The van der Waals surface area contributed by atoms with Gasteiger partial charge in [-0.1, -0.05) is 36.4 Å². The predicted molar refractivity (Wildman–Crippen MR) is 68.8 cm³/mol. The number of benzene rings is 2. The molecule has 3 rings (SSSR count). The van der Waals surface area contributed by atoms with Crippen molar-refractivity contribution in [3.63, 3.8) is 0 Å². The Bertz CT molecular complexity index is 787. The molecule has 4 nitrogen and oxygen atoms in total. The van der Waals surface area contributed by atoms with E-state index in [1.165, 1.54) is 12.4 Å². The number of aromatic nitrogens is 2. The Morgan fingerprint density at radius 3 is 2.50 bits per heavy atom. The van der Waals surface area contributed by atoms with Crippen molar-refractivity contribution in [3.05, 3.63) is 60.9 Å². The van der Waals surface area contributed by atoms with Crippen LogP contribution in [0.1, 0.15) is 0 Å². The van der Waals surface area contributed by atoms with Crippen LogP contribution in [-0.4, -0.2) is 17.6 Å². The van der Waals surface area contributed by atoms with E-state index in [1.807, 2.05) is 24.3 Å². The molecule has 0 amide bonds. The molecule has 18 heavy (non-hydrogen) atoms. The molecule has 1 heterocycles. The van der Waals surface area contributed by atoms with Crippen molar-refractivity contribution in [2.45, 2.75) is 4.90 Å². The molecule has 5 heteroatoms. The third-order valence-electron chi connectivity index (χ3n) is 2.75. The van der Waals surface area contributed by atoms with E-state index in [4.69, 9.17) is 0 Å². The molecule has 3 aromatic rings. The van der Waals surface area contributed by atoms with Gasteiger partial charge in [0.15, 0.2) is 0 Å². The summed E-state index contributed by atoms with van der Waals surface area (Å²) >= 11 is 0. The molecule has 1 aromatic heterocycles. The highest BCUT2D eigenvalue weighted by Crippen LogP contribution is 2.24. The zero-order valence-corrected chi connectivity index (χ0v) is 10.2. The molecule has 0 fully saturated rings. The van der Waals surface area contributed by atoms with Crippen LogP contribution in [-0.2, 0) is 10.0 Å². The Balaban J connectivity index is 2.34. The quantitative estimate of drug-likeness (QED) is 0.708. The molecule has 0 unspecified atom stereocenters. The van der Waals surface area contributed by atoms with Gasteiger partial charge in [-0.15, -0.1) is 0 Å². The second-order valence-corrected chi connectivity index (χ2v) is 5.63. The van der Waals surface area contributed by atoms with E-state index in [2.05, 4.69) is 5.10 Å². The van der Waals surface area contributed by atoms with Crippen LogP contribution >= 0.6 is 0 Å². The van der Waals surface area contributed by atoms with Gasteiger partial charge in [0.2, 0.25) is 0 Å². The fourth-order valence-corrected chi connectivity index (χ4v) is 3.24. The van der Waals surface area contributed by atoms with Gasteiger partial charge in [0, 0.05) is 11.6 Å². The van der Waals surface area contributed by atoms with E-state index >= 15 is 0 Å². The first-order valence-corrected chi connectivity index (χ1v) is 6.86. The smallest absolute Gasteiger partial charge is 0.199 e. The Morgan fingerprint density at radius 2 is 1.72 bits per heavy atom. The topological polar surface area (TPSA) is 52.0 Å². The Morgan fingerprint density at radius 1 is 0.944 bits per heavy atom. The van der Waals surface area contributed by atoms with Gasteiger partial charge in [-0.05, 0) is 17.5 Å². The van der Waals surface area contributed by atoms with E-state index < -0.39 is 10.0 Å². The lowest BCUT2D eigenvalue weighted by atomic mass is 10.1. The van der Waals surface area contributed by atoms with Crippen LogP contribution in [0.2, 0.25) is 0 Å². The molecule has 0 atom stereocenters. The van der Waals surface area contributed by atoms with Gasteiger partial charge in [-0.25, -0.2) is 0 Å². The first-order valence-electron chi connectivity index (χ1n) is 5.42. The molecule has 0 saturated carbocycles. The molecule has 0 aliphatic rings. The summed E-state index contributed by atoms with van der Waals surface area (Å²) in [4.78, 5) is 0.268. The fourth-order valence-electron chi connectivity index (χ4n) is 1.92. The number of rotatable bonds is 2. The van der Waals surface area contributed by atoms with Gasteiger partial charge in [0.1, 0.15) is 0 Å². The van der Waals surface area contributed by atoms with Crippen LogP contribution < -0.4 is 0 Å². The van der Waals surface area contributed by atoms with Crippen LogP contribution in [0.15, 0.2) is 65.8 Å². The SMILES string of the molecule is O=S(=O)(c1cccc2ccccc12)n1cccn1. The highest BCUT2D eigenvalue weighted by Gasteiger charge is 2.19. The van der Waals surface area contributed by atoms with Crippen LogP contribution in [0.5, 0.6) is 0 Å². The molecule has 90 valence electrons. The lowest BCUT2D eigenvalue weighted by Gasteiger charge is -2.07. The average Bonchev–Trinajstić information content (AvgIpc) is 2.92. The van der Waals surface area contributed by atoms with E-state index in [1.54, 1.807) is 24.3 Å². The van der Waals surface area contributed by atoms with E-state index in [-0.39, 0.29) is 4.90 Å². The lowest BCUT2D eigenvalue weighted by molar-refractivity contribution is 0.581. The minimum atomic E-state index is -3.62. The summed E-state index contributed by atoms with van der Waals surface area (Å²) < 4.78 is 25.8. The molecule has 0 aliphatic heterocycles. The lowest BCUT2D eigenvalue weighted by Crippen LogP contribution is -2.13. The minimum Gasteiger partial charge on any atom is -0.199 e. The first-order chi connectivity index (χ1) is 8.69. The molecule has 0 radical (unpaired) electrons. The predicted octanol–water partition coefficient (Wildman–Crippen LogP) is 2.27. The first kappa shape index (κ1) is 11.0. The van der Waals surface area contributed by atoms with E-state index in [0.29, 0.717) is 5.39 Å². The largest absolute Gasteiger partial charge is 0.283 e. The Hall–Kier alpha value is -2.14. The maximum Gasteiger partial charge on any atom is 0.283 e. The summed E-state index contributed by atoms with van der Waals surface area (Å²) in [7, 11) is -3.62. The molecule has 0 bridgehead atoms. The Kier molecular flexibility index (Phi) is 2.41. The summed E-state index contributed by atoms with van der Waals surface area (Å²) in [5, 5.41) is 5.40. The number of nitrogens with zero attached hydrogens (tertiary/aromatic N) is 2. The molecule has 0 aliphatic carbocycles. The highest BCUT2D eigenvalue weighted by atomic mass is 32.2. The second kappa shape index (κ2) is 3.96. The van der Waals surface area contributed by atoms with Crippen molar-refractivity contribution in [1.82, 2.24) is 9.19 Å². The monoisotopic (exact) mass is 258 g/mol. The number of hydrogen-bond donors (Lipinski definition) is 0. The summed E-state index contributed by atoms with van der Waals surface area (Å²) in [5.74, 6) is 0. The molecule has 0 saturated heterocycles. The normalized spacial score (nSPS) is 11.8. The second-order valence-electron chi connectivity index (χ2n) is 3.86. The zero-order chi connectivity index (χ0) is 12.6. The third kappa shape index (κ3) is 1.60. The number of fused-ring (bicyclic) bond motifs is 1. The third-order valence-corrected chi connectivity index (χ3v) is 4.37. The average molecular weight is 258 g/mol. The zero-order valence-electron chi connectivity index (χ0n) is 9.39. The number of hydrogen-bond acceptors (Lipinski definition) is 3. The summed E-state index contributed by atoms with van der Waals surface area (Å²) in [5.41, 5.74) is 0. The molecular formula is C13H10N2O2S. The van der Waals surface area contributed by atoms with Gasteiger partial charge in [-0.3, -0.25) is 0 Å². The van der Waals surface area contributed by atoms with Crippen molar-refractivity contribution < 1.29 is 8.42 Å². The van der Waals surface area contributed by atoms with Crippen LogP contribution in [0.3, 0.4) is 0 Å². The van der Waals surface area contributed by atoms with Crippen LogP contribution in [0.25, 0.3) is 10.8 Å². The molecule has 2 aromatic carbocycles. The molecule has 0 spiro atoms. The van der Waals surface area contributed by atoms with Crippen molar-refractivity contribution in [3.8, 4) is 0 Å². The maximum absolute atomic E-state index is 12.4.